The molecule has 2 aliphatic rings. The van der Waals surface area contributed by atoms with Gasteiger partial charge in [-0.05, 0) is 31.7 Å². The van der Waals surface area contributed by atoms with Crippen molar-refractivity contribution in [2.24, 2.45) is 11.8 Å². The number of likely N-dealkylation sites (N-methyl/N-ethyl adjacent to an activating group) is 1. The molecule has 0 bridgehead atoms. The fourth-order valence-electron chi connectivity index (χ4n) is 4.43. The molecule has 1 aromatic carbocycles. The number of allylic oxidation sites excluding steroid dienone is 2. The smallest absolute Gasteiger partial charge is 0.242 e. The molecule has 1 N–H and O–H groups in total. The van der Waals surface area contributed by atoms with E-state index in [2.05, 4.69) is 5.32 Å². The minimum Gasteiger partial charge on any atom is -0.355 e. The van der Waals surface area contributed by atoms with Crippen molar-refractivity contribution >= 4 is 23.6 Å². The first-order valence-electron chi connectivity index (χ1n) is 11.1. The van der Waals surface area contributed by atoms with Gasteiger partial charge in [-0.2, -0.15) is 0 Å². The van der Waals surface area contributed by atoms with Crippen molar-refractivity contribution < 1.29 is 19.2 Å². The summed E-state index contributed by atoms with van der Waals surface area (Å²) in [7, 11) is 0. The quantitative estimate of drug-likeness (QED) is 0.486. The average molecular weight is 426 g/mol. The van der Waals surface area contributed by atoms with Crippen LogP contribution in [0.15, 0.2) is 42.5 Å². The maximum Gasteiger partial charge on any atom is 0.242 e. The third-order valence-corrected chi connectivity index (χ3v) is 6.08. The highest BCUT2D eigenvalue weighted by molar-refractivity contribution is 6.05. The molecule has 1 aliphatic carbocycles. The van der Waals surface area contributed by atoms with Gasteiger partial charge in [-0.15, -0.1) is 0 Å². The SMILES string of the molecule is CCNC(=O)[C@H](CC)N(Cc1ccccc1)C(=O)CCN1C(=O)[C@H]2CC=CC[C@H]2C1=O. The molecule has 1 aliphatic heterocycles. The summed E-state index contributed by atoms with van der Waals surface area (Å²) in [5.74, 6) is -1.40. The fraction of sp³-hybridized carbons (Fsp3) is 0.500. The summed E-state index contributed by atoms with van der Waals surface area (Å²) in [5, 5.41) is 2.80. The third-order valence-electron chi connectivity index (χ3n) is 6.08. The zero-order valence-corrected chi connectivity index (χ0v) is 18.3. The number of carbonyl (C=O) groups excluding carboxylic acids is 4. The van der Waals surface area contributed by atoms with Crippen molar-refractivity contribution in [2.45, 2.75) is 52.1 Å². The average Bonchev–Trinajstić information content (AvgIpc) is 3.03. The Hall–Kier alpha value is -2.96. The molecule has 7 nitrogen and oxygen atoms in total. The van der Waals surface area contributed by atoms with Crippen LogP contribution in [0.5, 0.6) is 0 Å². The van der Waals surface area contributed by atoms with E-state index < -0.39 is 6.04 Å². The summed E-state index contributed by atoms with van der Waals surface area (Å²) in [5.41, 5.74) is 0.920. The Morgan fingerprint density at radius 2 is 1.68 bits per heavy atom. The summed E-state index contributed by atoms with van der Waals surface area (Å²) >= 11 is 0. The number of nitrogens with one attached hydrogen (secondary N) is 1. The van der Waals surface area contributed by atoms with Gasteiger partial charge in [0.15, 0.2) is 0 Å². The van der Waals surface area contributed by atoms with Crippen molar-refractivity contribution in [3.8, 4) is 0 Å². The Morgan fingerprint density at radius 3 is 2.23 bits per heavy atom. The summed E-state index contributed by atoms with van der Waals surface area (Å²) in [6.45, 7) is 4.55. The van der Waals surface area contributed by atoms with E-state index in [0.717, 1.165) is 5.56 Å². The lowest BCUT2D eigenvalue weighted by Crippen LogP contribution is -2.49. The molecule has 0 saturated carbocycles. The van der Waals surface area contributed by atoms with E-state index in [1.54, 1.807) is 4.90 Å². The molecule has 0 unspecified atom stereocenters. The van der Waals surface area contributed by atoms with Crippen LogP contribution in [0.3, 0.4) is 0 Å². The molecule has 31 heavy (non-hydrogen) atoms. The fourth-order valence-corrected chi connectivity index (χ4v) is 4.43. The molecule has 4 amide bonds. The second-order valence-corrected chi connectivity index (χ2v) is 8.06. The van der Waals surface area contributed by atoms with Crippen LogP contribution >= 0.6 is 0 Å². The molecular weight excluding hydrogens is 394 g/mol. The zero-order chi connectivity index (χ0) is 22.4. The maximum atomic E-state index is 13.2. The maximum absolute atomic E-state index is 13.2. The topological polar surface area (TPSA) is 86.8 Å². The van der Waals surface area contributed by atoms with Crippen LogP contribution in [-0.2, 0) is 25.7 Å². The van der Waals surface area contributed by atoms with Gasteiger partial charge in [0, 0.05) is 26.1 Å². The lowest BCUT2D eigenvalue weighted by molar-refractivity contribution is -0.144. The highest BCUT2D eigenvalue weighted by Gasteiger charge is 2.47. The second-order valence-electron chi connectivity index (χ2n) is 8.06. The van der Waals surface area contributed by atoms with Crippen LogP contribution in [0, 0.1) is 11.8 Å². The molecule has 1 aromatic rings. The van der Waals surface area contributed by atoms with Crippen LogP contribution < -0.4 is 5.32 Å². The Labute approximate surface area is 183 Å². The van der Waals surface area contributed by atoms with Gasteiger partial charge < -0.3 is 10.2 Å². The van der Waals surface area contributed by atoms with Crippen LogP contribution in [-0.4, -0.2) is 52.6 Å². The predicted octanol–water partition coefficient (Wildman–Crippen LogP) is 2.27. The van der Waals surface area contributed by atoms with Crippen molar-refractivity contribution in [2.75, 3.05) is 13.1 Å². The predicted molar refractivity (Wildman–Crippen MR) is 116 cm³/mol. The number of benzene rings is 1. The van der Waals surface area contributed by atoms with Crippen LogP contribution in [0.4, 0.5) is 0 Å². The van der Waals surface area contributed by atoms with Gasteiger partial charge in [0.05, 0.1) is 11.8 Å². The molecule has 7 heteroatoms. The lowest BCUT2D eigenvalue weighted by Gasteiger charge is -2.31. The molecular formula is C24H31N3O4. The Morgan fingerprint density at radius 1 is 1.06 bits per heavy atom. The molecule has 1 fully saturated rings. The first kappa shape index (κ1) is 22.7. The standard InChI is InChI=1S/C24H31N3O4/c1-3-20(22(29)25-4-2)27(16-17-10-6-5-7-11-17)21(28)14-15-26-23(30)18-12-8-9-13-19(18)24(26)31/h5-11,18-20H,3-4,12-16H2,1-2H3,(H,25,29)/t18-,19+,20-/m0/s1. The highest BCUT2D eigenvalue weighted by Crippen LogP contribution is 2.35. The normalized spacial score (nSPS) is 21.0. The van der Waals surface area contributed by atoms with E-state index in [1.807, 2.05) is 56.3 Å². The number of fused-ring (bicyclic) bond motifs is 1. The van der Waals surface area contributed by atoms with E-state index in [9.17, 15) is 19.2 Å². The number of amides is 4. The van der Waals surface area contributed by atoms with Crippen molar-refractivity contribution in [3.63, 3.8) is 0 Å². The number of hydrogen-bond donors (Lipinski definition) is 1. The Balaban J connectivity index is 1.72. The van der Waals surface area contributed by atoms with Crippen LogP contribution in [0.25, 0.3) is 0 Å². The van der Waals surface area contributed by atoms with Crippen LogP contribution in [0.1, 0.15) is 45.1 Å². The molecule has 166 valence electrons. The monoisotopic (exact) mass is 425 g/mol. The minimum atomic E-state index is -0.607. The van der Waals surface area contributed by atoms with Crippen molar-refractivity contribution in [3.05, 3.63) is 48.0 Å². The Bertz CT molecular complexity index is 826. The summed E-state index contributed by atoms with van der Waals surface area (Å²) < 4.78 is 0. The van der Waals surface area contributed by atoms with E-state index in [4.69, 9.17) is 0 Å². The number of likely N-dealkylation sites (tertiary alicyclic amines) is 1. The first-order valence-corrected chi connectivity index (χ1v) is 11.1. The number of hydrogen-bond acceptors (Lipinski definition) is 4. The van der Waals surface area contributed by atoms with Gasteiger partial charge in [-0.3, -0.25) is 24.1 Å². The van der Waals surface area contributed by atoms with Gasteiger partial charge in [0.2, 0.25) is 23.6 Å². The number of carbonyl (C=O) groups is 4. The summed E-state index contributed by atoms with van der Waals surface area (Å²) in [4.78, 5) is 54.0. The molecule has 1 heterocycles. The van der Waals surface area contributed by atoms with Crippen molar-refractivity contribution in [1.29, 1.82) is 0 Å². The zero-order valence-electron chi connectivity index (χ0n) is 18.3. The number of nitrogens with zero attached hydrogens (tertiary/aromatic N) is 2. The molecule has 3 atom stereocenters. The highest BCUT2D eigenvalue weighted by atomic mass is 16.2. The van der Waals surface area contributed by atoms with E-state index in [-0.39, 0.29) is 48.4 Å². The molecule has 0 radical (unpaired) electrons. The van der Waals surface area contributed by atoms with E-state index in [1.165, 1.54) is 4.90 Å². The third kappa shape index (κ3) is 5.03. The van der Waals surface area contributed by atoms with Crippen LogP contribution in [0.2, 0.25) is 0 Å². The van der Waals surface area contributed by atoms with E-state index in [0.29, 0.717) is 32.4 Å². The molecule has 0 spiro atoms. The van der Waals surface area contributed by atoms with Crippen molar-refractivity contribution in [1.82, 2.24) is 15.1 Å². The molecule has 3 rings (SSSR count). The summed E-state index contributed by atoms with van der Waals surface area (Å²) in [6.07, 6.45) is 5.53. The minimum absolute atomic E-state index is 0.00703. The number of rotatable bonds is 9. The largest absolute Gasteiger partial charge is 0.355 e. The van der Waals surface area contributed by atoms with Gasteiger partial charge in [-0.25, -0.2) is 0 Å². The van der Waals surface area contributed by atoms with Gasteiger partial charge >= 0.3 is 0 Å². The second kappa shape index (κ2) is 10.4. The molecule has 1 saturated heterocycles. The van der Waals surface area contributed by atoms with Gasteiger partial charge in [0.1, 0.15) is 6.04 Å². The lowest BCUT2D eigenvalue weighted by atomic mass is 9.85. The summed E-state index contributed by atoms with van der Waals surface area (Å²) in [6, 6.07) is 8.90. The van der Waals surface area contributed by atoms with Gasteiger partial charge in [0.25, 0.3) is 0 Å². The molecule has 0 aromatic heterocycles. The van der Waals surface area contributed by atoms with E-state index >= 15 is 0 Å². The Kier molecular flexibility index (Phi) is 7.60. The van der Waals surface area contributed by atoms with Gasteiger partial charge in [-0.1, -0.05) is 49.4 Å². The number of imide groups is 1. The first-order chi connectivity index (χ1) is 15.0.